The van der Waals surface area contributed by atoms with E-state index in [-0.39, 0.29) is 12.3 Å². The summed E-state index contributed by atoms with van der Waals surface area (Å²) in [5, 5.41) is 2.64. The number of rotatable bonds is 4. The zero-order valence-electron chi connectivity index (χ0n) is 9.36. The van der Waals surface area contributed by atoms with Gasteiger partial charge in [0.2, 0.25) is 11.8 Å². The molecular weight excluding hydrogens is 206 g/mol. The van der Waals surface area contributed by atoms with Gasteiger partial charge in [-0.25, -0.2) is 0 Å². The van der Waals surface area contributed by atoms with Crippen LogP contribution in [0.15, 0.2) is 24.5 Å². The Morgan fingerprint density at radius 1 is 1.50 bits per heavy atom. The lowest BCUT2D eigenvalue weighted by atomic mass is 9.88. The molecule has 1 aromatic heterocycles. The van der Waals surface area contributed by atoms with Gasteiger partial charge in [-0.15, -0.1) is 0 Å². The van der Waals surface area contributed by atoms with E-state index in [0.717, 1.165) is 0 Å². The summed E-state index contributed by atoms with van der Waals surface area (Å²) in [7, 11) is 0. The van der Waals surface area contributed by atoms with Gasteiger partial charge in [-0.1, -0.05) is 13.8 Å². The van der Waals surface area contributed by atoms with Gasteiger partial charge in [-0.05, 0) is 12.1 Å². The molecule has 86 valence electrons. The van der Waals surface area contributed by atoms with Crippen LogP contribution >= 0.6 is 0 Å². The molecule has 1 heterocycles. The predicted octanol–water partition coefficient (Wildman–Crippen LogP) is 0.922. The highest BCUT2D eigenvalue weighted by Crippen LogP contribution is 2.20. The normalized spacial score (nSPS) is 10.9. The van der Waals surface area contributed by atoms with E-state index in [1.165, 1.54) is 6.20 Å². The topological polar surface area (TPSA) is 85.1 Å². The van der Waals surface area contributed by atoms with Gasteiger partial charge in [0.05, 0.1) is 17.3 Å². The largest absolute Gasteiger partial charge is 0.369 e. The van der Waals surface area contributed by atoms with Crippen LogP contribution in [0.2, 0.25) is 0 Å². The minimum atomic E-state index is -0.841. The molecule has 2 amide bonds. The number of carbonyl (C=O) groups is 2. The molecule has 1 aromatic rings. The smallest absolute Gasteiger partial charge is 0.225 e. The molecule has 0 spiro atoms. The van der Waals surface area contributed by atoms with Crippen LogP contribution in [0.1, 0.15) is 20.3 Å². The van der Waals surface area contributed by atoms with Gasteiger partial charge < -0.3 is 11.1 Å². The second kappa shape index (κ2) is 4.74. The number of carbonyl (C=O) groups excluding carboxylic acids is 2. The summed E-state index contributed by atoms with van der Waals surface area (Å²) in [6.45, 7) is 3.27. The molecule has 3 N–H and O–H groups in total. The van der Waals surface area contributed by atoms with Crippen molar-refractivity contribution in [2.24, 2.45) is 11.1 Å². The highest BCUT2D eigenvalue weighted by Gasteiger charge is 2.28. The molecule has 0 unspecified atom stereocenters. The van der Waals surface area contributed by atoms with Crippen molar-refractivity contribution < 1.29 is 9.59 Å². The van der Waals surface area contributed by atoms with E-state index < -0.39 is 11.3 Å². The highest BCUT2D eigenvalue weighted by molar-refractivity contribution is 5.94. The van der Waals surface area contributed by atoms with Gasteiger partial charge in [-0.2, -0.15) is 0 Å². The number of nitrogens with two attached hydrogens (primary N) is 1. The standard InChI is InChI=1S/C11H15N3O2/c1-11(2,10(12)16)6-9(15)14-8-4-3-5-13-7-8/h3-5,7H,6H2,1-2H3,(H2,12,16)(H,14,15). The van der Waals surface area contributed by atoms with Crippen molar-refractivity contribution >= 4 is 17.5 Å². The van der Waals surface area contributed by atoms with Crippen molar-refractivity contribution in [3.63, 3.8) is 0 Å². The van der Waals surface area contributed by atoms with E-state index in [4.69, 9.17) is 5.73 Å². The maximum atomic E-state index is 11.6. The third kappa shape index (κ3) is 3.34. The second-order valence-electron chi connectivity index (χ2n) is 4.21. The molecule has 0 bridgehead atoms. The zero-order chi connectivity index (χ0) is 12.2. The van der Waals surface area contributed by atoms with Crippen molar-refractivity contribution in [3.8, 4) is 0 Å². The molecule has 0 aromatic carbocycles. The van der Waals surface area contributed by atoms with E-state index in [1.54, 1.807) is 32.2 Å². The fourth-order valence-electron chi connectivity index (χ4n) is 1.13. The zero-order valence-corrected chi connectivity index (χ0v) is 9.36. The number of anilines is 1. The predicted molar refractivity (Wildman–Crippen MR) is 60.5 cm³/mol. The maximum absolute atomic E-state index is 11.6. The second-order valence-corrected chi connectivity index (χ2v) is 4.21. The Kier molecular flexibility index (Phi) is 3.60. The fraction of sp³-hybridized carbons (Fsp3) is 0.364. The quantitative estimate of drug-likeness (QED) is 0.792. The van der Waals surface area contributed by atoms with Crippen LogP contribution in [-0.4, -0.2) is 16.8 Å². The molecule has 1 rings (SSSR count). The van der Waals surface area contributed by atoms with Crippen LogP contribution in [0.25, 0.3) is 0 Å². The van der Waals surface area contributed by atoms with Crippen LogP contribution < -0.4 is 11.1 Å². The monoisotopic (exact) mass is 221 g/mol. The number of pyridine rings is 1. The number of amides is 2. The van der Waals surface area contributed by atoms with Crippen molar-refractivity contribution in [3.05, 3.63) is 24.5 Å². The van der Waals surface area contributed by atoms with Crippen LogP contribution in [0.3, 0.4) is 0 Å². The number of nitrogens with zero attached hydrogens (tertiary/aromatic N) is 1. The Morgan fingerprint density at radius 2 is 2.19 bits per heavy atom. The van der Waals surface area contributed by atoms with Gasteiger partial charge in [0, 0.05) is 12.6 Å². The lowest BCUT2D eigenvalue weighted by Crippen LogP contribution is -2.35. The van der Waals surface area contributed by atoms with Crippen LogP contribution in [0, 0.1) is 5.41 Å². The first-order chi connectivity index (χ1) is 7.42. The summed E-state index contributed by atoms with van der Waals surface area (Å²) in [6.07, 6.45) is 3.20. The van der Waals surface area contributed by atoms with Gasteiger partial charge in [0.25, 0.3) is 0 Å². The SMILES string of the molecule is CC(C)(CC(=O)Nc1cccnc1)C(N)=O. The lowest BCUT2D eigenvalue weighted by Gasteiger charge is -2.19. The van der Waals surface area contributed by atoms with E-state index in [2.05, 4.69) is 10.3 Å². The van der Waals surface area contributed by atoms with E-state index in [1.807, 2.05) is 0 Å². The molecule has 0 saturated heterocycles. The molecule has 0 aliphatic carbocycles. The molecule has 0 aliphatic heterocycles. The molecule has 0 radical (unpaired) electrons. The Labute approximate surface area is 94.1 Å². The van der Waals surface area contributed by atoms with Crippen molar-refractivity contribution in [2.45, 2.75) is 20.3 Å². The first kappa shape index (κ1) is 12.2. The van der Waals surface area contributed by atoms with Gasteiger partial charge in [-0.3, -0.25) is 14.6 Å². The van der Waals surface area contributed by atoms with E-state index in [9.17, 15) is 9.59 Å². The minimum absolute atomic E-state index is 0.0528. The van der Waals surface area contributed by atoms with Crippen molar-refractivity contribution in [2.75, 3.05) is 5.32 Å². The van der Waals surface area contributed by atoms with Crippen molar-refractivity contribution in [1.82, 2.24) is 4.98 Å². The number of primary amides is 1. The third-order valence-electron chi connectivity index (χ3n) is 2.21. The van der Waals surface area contributed by atoms with Crippen LogP contribution in [-0.2, 0) is 9.59 Å². The molecule has 5 heteroatoms. The van der Waals surface area contributed by atoms with Gasteiger partial charge >= 0.3 is 0 Å². The summed E-state index contributed by atoms with van der Waals surface area (Å²) < 4.78 is 0. The van der Waals surface area contributed by atoms with Crippen LogP contribution in [0.5, 0.6) is 0 Å². The van der Waals surface area contributed by atoms with Gasteiger partial charge in [0.15, 0.2) is 0 Å². The Morgan fingerprint density at radius 3 is 2.69 bits per heavy atom. The first-order valence-corrected chi connectivity index (χ1v) is 4.91. The number of aromatic nitrogens is 1. The Bertz CT molecular complexity index is 387. The third-order valence-corrected chi connectivity index (χ3v) is 2.21. The number of hydrogen-bond acceptors (Lipinski definition) is 3. The minimum Gasteiger partial charge on any atom is -0.369 e. The average Bonchev–Trinajstić information content (AvgIpc) is 2.17. The maximum Gasteiger partial charge on any atom is 0.225 e. The van der Waals surface area contributed by atoms with Gasteiger partial charge in [0.1, 0.15) is 0 Å². The fourth-order valence-corrected chi connectivity index (χ4v) is 1.13. The van der Waals surface area contributed by atoms with E-state index >= 15 is 0 Å². The summed E-state index contributed by atoms with van der Waals surface area (Å²) in [6, 6.07) is 3.44. The summed E-state index contributed by atoms with van der Waals surface area (Å²) in [5.41, 5.74) is 4.94. The Balaban J connectivity index is 2.58. The van der Waals surface area contributed by atoms with E-state index in [0.29, 0.717) is 5.69 Å². The summed E-state index contributed by atoms with van der Waals surface area (Å²) in [5.74, 6) is -0.745. The molecule has 0 fully saturated rings. The Hall–Kier alpha value is -1.91. The van der Waals surface area contributed by atoms with Crippen molar-refractivity contribution in [1.29, 1.82) is 0 Å². The molecule has 16 heavy (non-hydrogen) atoms. The number of hydrogen-bond donors (Lipinski definition) is 2. The first-order valence-electron chi connectivity index (χ1n) is 4.91. The summed E-state index contributed by atoms with van der Waals surface area (Å²) in [4.78, 5) is 26.5. The number of nitrogens with one attached hydrogen (secondary N) is 1. The molecular formula is C11H15N3O2. The molecule has 0 saturated carbocycles. The lowest BCUT2D eigenvalue weighted by molar-refractivity contribution is -0.130. The molecule has 0 atom stereocenters. The highest BCUT2D eigenvalue weighted by atomic mass is 16.2. The summed E-state index contributed by atoms with van der Waals surface area (Å²) >= 11 is 0. The average molecular weight is 221 g/mol. The molecule has 0 aliphatic rings. The molecule has 5 nitrogen and oxygen atoms in total. The van der Waals surface area contributed by atoms with Crippen LogP contribution in [0.4, 0.5) is 5.69 Å².